The molecule has 1 rings (SSSR count). The molecule has 1 saturated heterocycles. The van der Waals surface area contributed by atoms with Crippen molar-refractivity contribution >= 4 is 0 Å². The number of unbranched alkanes of at least 4 members (excludes halogenated alkanes) is 6. The van der Waals surface area contributed by atoms with Gasteiger partial charge in [-0.25, -0.2) is 0 Å². The molecule has 0 spiro atoms. The van der Waals surface area contributed by atoms with Crippen molar-refractivity contribution in [3.63, 3.8) is 0 Å². The molecule has 1 aliphatic rings. The van der Waals surface area contributed by atoms with E-state index in [9.17, 15) is 10.2 Å². The Morgan fingerprint density at radius 2 is 1.83 bits per heavy atom. The SMILES string of the molecule is CCCCC/C=C/CCCCCO[C@@H]1CO[C@@H]([C@@H](O)CO)[C@H]1O. The van der Waals surface area contributed by atoms with E-state index in [2.05, 4.69) is 19.1 Å². The van der Waals surface area contributed by atoms with Crippen LogP contribution < -0.4 is 0 Å². The van der Waals surface area contributed by atoms with E-state index in [0.29, 0.717) is 6.61 Å². The minimum atomic E-state index is -1.05. The number of aliphatic hydroxyl groups is 3. The number of hydrogen-bond donors (Lipinski definition) is 3. The van der Waals surface area contributed by atoms with Crippen LogP contribution in [0.1, 0.15) is 58.3 Å². The van der Waals surface area contributed by atoms with Gasteiger partial charge in [0.25, 0.3) is 0 Å². The molecule has 5 heteroatoms. The number of hydrogen-bond acceptors (Lipinski definition) is 5. The highest BCUT2D eigenvalue weighted by atomic mass is 16.6. The third-order valence-electron chi connectivity index (χ3n) is 4.22. The monoisotopic (exact) mass is 330 g/mol. The van der Waals surface area contributed by atoms with Crippen LogP contribution >= 0.6 is 0 Å². The van der Waals surface area contributed by atoms with Gasteiger partial charge in [0.2, 0.25) is 0 Å². The molecular weight excluding hydrogens is 296 g/mol. The molecule has 0 unspecified atom stereocenters. The van der Waals surface area contributed by atoms with Gasteiger partial charge in [-0.15, -0.1) is 0 Å². The van der Waals surface area contributed by atoms with Crippen LogP contribution in [0.3, 0.4) is 0 Å². The van der Waals surface area contributed by atoms with Crippen molar-refractivity contribution in [1.29, 1.82) is 0 Å². The number of rotatable bonds is 13. The second-order valence-corrected chi connectivity index (χ2v) is 6.26. The molecule has 0 aromatic carbocycles. The van der Waals surface area contributed by atoms with Crippen LogP contribution in [0.2, 0.25) is 0 Å². The fourth-order valence-electron chi connectivity index (χ4n) is 2.73. The molecule has 136 valence electrons. The lowest BCUT2D eigenvalue weighted by Crippen LogP contribution is -2.41. The number of ether oxygens (including phenoxy) is 2. The molecule has 0 aliphatic carbocycles. The average molecular weight is 330 g/mol. The Hall–Kier alpha value is -0.460. The van der Waals surface area contributed by atoms with Gasteiger partial charge in [-0.2, -0.15) is 0 Å². The molecule has 3 N–H and O–H groups in total. The standard InChI is InChI=1S/C18H34O5/c1-2-3-4-5-6-7-8-9-10-11-12-22-16-14-23-18(17(16)21)15(20)13-19/h6-7,15-21H,2-5,8-14H2,1H3/b7-6+/t15-,16+,17-,18-/m0/s1. The summed E-state index contributed by atoms with van der Waals surface area (Å²) in [6.45, 7) is 2.66. The predicted molar refractivity (Wildman–Crippen MR) is 90.3 cm³/mol. The van der Waals surface area contributed by atoms with Crippen molar-refractivity contribution in [3.05, 3.63) is 12.2 Å². The van der Waals surface area contributed by atoms with Gasteiger partial charge in [0, 0.05) is 6.61 Å². The Morgan fingerprint density at radius 1 is 1.13 bits per heavy atom. The van der Waals surface area contributed by atoms with Gasteiger partial charge in [0.15, 0.2) is 0 Å². The summed E-state index contributed by atoms with van der Waals surface area (Å²) in [6, 6.07) is 0. The summed E-state index contributed by atoms with van der Waals surface area (Å²) in [4.78, 5) is 0. The van der Waals surface area contributed by atoms with E-state index >= 15 is 0 Å². The molecule has 1 aliphatic heterocycles. The maximum atomic E-state index is 9.98. The van der Waals surface area contributed by atoms with Crippen LogP contribution in [0.5, 0.6) is 0 Å². The average Bonchev–Trinajstić information content (AvgIpc) is 2.93. The molecule has 4 atom stereocenters. The maximum Gasteiger partial charge on any atom is 0.114 e. The second-order valence-electron chi connectivity index (χ2n) is 6.26. The van der Waals surface area contributed by atoms with Crippen molar-refractivity contribution in [3.8, 4) is 0 Å². The Kier molecular flexibility index (Phi) is 11.5. The first kappa shape index (κ1) is 20.6. The van der Waals surface area contributed by atoms with E-state index in [4.69, 9.17) is 14.6 Å². The number of allylic oxidation sites excluding steroid dienone is 2. The first-order chi connectivity index (χ1) is 11.2. The van der Waals surface area contributed by atoms with Crippen molar-refractivity contribution in [2.75, 3.05) is 19.8 Å². The molecule has 1 heterocycles. The van der Waals surface area contributed by atoms with Crippen LogP contribution in [0, 0.1) is 0 Å². The Balaban J connectivity index is 1.97. The first-order valence-electron chi connectivity index (χ1n) is 9.05. The Bertz CT molecular complexity index is 308. The zero-order chi connectivity index (χ0) is 16.9. The first-order valence-corrected chi connectivity index (χ1v) is 9.05. The molecule has 23 heavy (non-hydrogen) atoms. The summed E-state index contributed by atoms with van der Waals surface area (Å²) in [6.07, 6.45) is 10.9. The highest BCUT2D eigenvalue weighted by Crippen LogP contribution is 2.20. The summed E-state index contributed by atoms with van der Waals surface area (Å²) in [7, 11) is 0. The fourth-order valence-corrected chi connectivity index (χ4v) is 2.73. The molecule has 0 aromatic rings. The van der Waals surface area contributed by atoms with E-state index in [1.54, 1.807) is 0 Å². The van der Waals surface area contributed by atoms with Crippen LogP contribution in [0.25, 0.3) is 0 Å². The molecule has 5 nitrogen and oxygen atoms in total. The van der Waals surface area contributed by atoms with E-state index in [1.807, 2.05) is 0 Å². The van der Waals surface area contributed by atoms with E-state index in [0.717, 1.165) is 25.7 Å². The zero-order valence-corrected chi connectivity index (χ0v) is 14.4. The summed E-state index contributed by atoms with van der Waals surface area (Å²) < 4.78 is 10.9. The minimum Gasteiger partial charge on any atom is -0.394 e. The fraction of sp³-hybridized carbons (Fsp3) is 0.889. The lowest BCUT2D eigenvalue weighted by atomic mass is 10.1. The maximum absolute atomic E-state index is 9.98. The molecule has 1 fully saturated rings. The second kappa shape index (κ2) is 12.9. The van der Waals surface area contributed by atoms with E-state index in [1.165, 1.54) is 25.7 Å². The third kappa shape index (κ3) is 8.27. The lowest BCUT2D eigenvalue weighted by Gasteiger charge is -2.20. The lowest BCUT2D eigenvalue weighted by molar-refractivity contribution is -0.0730. The van der Waals surface area contributed by atoms with Gasteiger partial charge >= 0.3 is 0 Å². The van der Waals surface area contributed by atoms with Gasteiger partial charge in [-0.05, 0) is 32.1 Å². The van der Waals surface area contributed by atoms with E-state index < -0.39 is 31.0 Å². The molecule has 0 aromatic heterocycles. The van der Waals surface area contributed by atoms with Gasteiger partial charge < -0.3 is 24.8 Å². The van der Waals surface area contributed by atoms with Crippen LogP contribution in [0.4, 0.5) is 0 Å². The molecule has 0 radical (unpaired) electrons. The molecule has 0 bridgehead atoms. The third-order valence-corrected chi connectivity index (χ3v) is 4.22. The van der Waals surface area contributed by atoms with Crippen molar-refractivity contribution in [2.24, 2.45) is 0 Å². The van der Waals surface area contributed by atoms with Crippen LogP contribution in [-0.2, 0) is 9.47 Å². The van der Waals surface area contributed by atoms with E-state index in [-0.39, 0.29) is 6.61 Å². The summed E-state index contributed by atoms with van der Waals surface area (Å²) in [5.74, 6) is 0. The summed E-state index contributed by atoms with van der Waals surface area (Å²) in [5, 5.41) is 28.4. The van der Waals surface area contributed by atoms with Crippen molar-refractivity contribution in [1.82, 2.24) is 0 Å². The largest absolute Gasteiger partial charge is 0.394 e. The minimum absolute atomic E-state index is 0.267. The smallest absolute Gasteiger partial charge is 0.114 e. The predicted octanol–water partition coefficient (Wildman–Crippen LogP) is 2.18. The zero-order valence-electron chi connectivity index (χ0n) is 14.4. The quantitative estimate of drug-likeness (QED) is 0.356. The van der Waals surface area contributed by atoms with Gasteiger partial charge in [0.1, 0.15) is 24.4 Å². The Labute approximate surface area is 140 Å². The van der Waals surface area contributed by atoms with Crippen LogP contribution in [0.15, 0.2) is 12.2 Å². The summed E-state index contributed by atoms with van der Waals surface area (Å²) in [5.41, 5.74) is 0. The highest BCUT2D eigenvalue weighted by molar-refractivity contribution is 4.88. The molecule has 0 amide bonds. The number of aliphatic hydroxyl groups excluding tert-OH is 3. The molecular formula is C18H34O5. The Morgan fingerprint density at radius 3 is 2.48 bits per heavy atom. The normalized spacial score (nSPS) is 26.2. The topological polar surface area (TPSA) is 79.2 Å². The molecule has 0 saturated carbocycles. The van der Waals surface area contributed by atoms with Crippen molar-refractivity contribution in [2.45, 2.75) is 82.7 Å². The van der Waals surface area contributed by atoms with Crippen LogP contribution in [-0.4, -0.2) is 59.6 Å². The van der Waals surface area contributed by atoms with Crippen molar-refractivity contribution < 1.29 is 24.8 Å². The summed E-state index contributed by atoms with van der Waals surface area (Å²) >= 11 is 0. The van der Waals surface area contributed by atoms with Gasteiger partial charge in [-0.1, -0.05) is 38.3 Å². The van der Waals surface area contributed by atoms with Gasteiger partial charge in [0.05, 0.1) is 13.2 Å². The highest BCUT2D eigenvalue weighted by Gasteiger charge is 2.40. The van der Waals surface area contributed by atoms with Gasteiger partial charge in [-0.3, -0.25) is 0 Å².